The Morgan fingerprint density at radius 2 is 1.93 bits per heavy atom. The molecule has 4 rings (SSSR count). The molecular formula is C21H17F2N5O. The minimum Gasteiger partial charge on any atom is -0.485 e. The number of nitrogens with zero attached hydrogens (tertiary/aromatic N) is 5. The van der Waals surface area contributed by atoms with Crippen LogP contribution in [0.1, 0.15) is 18.2 Å². The second-order valence-electron chi connectivity index (χ2n) is 6.29. The van der Waals surface area contributed by atoms with Crippen LogP contribution >= 0.6 is 0 Å². The van der Waals surface area contributed by atoms with Gasteiger partial charge >= 0.3 is 0 Å². The van der Waals surface area contributed by atoms with Crippen LogP contribution in [0.15, 0.2) is 73.4 Å². The first-order chi connectivity index (χ1) is 14.1. The van der Waals surface area contributed by atoms with Crippen molar-refractivity contribution in [1.29, 1.82) is 0 Å². The standard InChI is InChI=1S/C21H17F2N5O/c1-15(27-10-9-24-14-27)21(19-8-7-16(22)11-20(19)23)29-13-17-12-28(26-25-17)18-5-3-2-4-6-18/h2-12,14H,13H2,1H3/b21-15-. The number of allylic oxidation sites excluding steroid dienone is 1. The van der Waals surface area contributed by atoms with Crippen molar-refractivity contribution in [3.63, 3.8) is 0 Å². The second kappa shape index (κ2) is 8.05. The van der Waals surface area contributed by atoms with E-state index in [9.17, 15) is 8.78 Å². The van der Waals surface area contributed by atoms with Gasteiger partial charge in [-0.25, -0.2) is 18.4 Å². The zero-order valence-electron chi connectivity index (χ0n) is 15.5. The molecular weight excluding hydrogens is 376 g/mol. The van der Waals surface area contributed by atoms with Gasteiger partial charge in [0.1, 0.15) is 29.7 Å². The van der Waals surface area contributed by atoms with Crippen LogP contribution in [0, 0.1) is 11.6 Å². The Morgan fingerprint density at radius 3 is 2.66 bits per heavy atom. The van der Waals surface area contributed by atoms with Crippen LogP contribution < -0.4 is 0 Å². The molecule has 6 nitrogen and oxygen atoms in total. The summed E-state index contributed by atoms with van der Waals surface area (Å²) in [5.41, 5.74) is 2.17. The number of benzene rings is 2. The first-order valence-electron chi connectivity index (χ1n) is 8.86. The highest BCUT2D eigenvalue weighted by Gasteiger charge is 2.16. The van der Waals surface area contributed by atoms with Crippen LogP contribution in [-0.2, 0) is 11.3 Å². The number of aromatic nitrogens is 5. The van der Waals surface area contributed by atoms with E-state index in [0.29, 0.717) is 11.4 Å². The van der Waals surface area contributed by atoms with E-state index in [1.165, 1.54) is 12.1 Å². The summed E-state index contributed by atoms with van der Waals surface area (Å²) >= 11 is 0. The van der Waals surface area contributed by atoms with Gasteiger partial charge in [0.05, 0.1) is 29.5 Å². The van der Waals surface area contributed by atoms with Gasteiger partial charge in [0.2, 0.25) is 0 Å². The van der Waals surface area contributed by atoms with Gasteiger partial charge in [-0.1, -0.05) is 23.4 Å². The topological polar surface area (TPSA) is 57.8 Å². The lowest BCUT2D eigenvalue weighted by Gasteiger charge is -2.15. The summed E-state index contributed by atoms with van der Waals surface area (Å²) in [7, 11) is 0. The molecule has 2 aromatic carbocycles. The molecule has 29 heavy (non-hydrogen) atoms. The average Bonchev–Trinajstić information content (AvgIpc) is 3.42. The number of hydrogen-bond acceptors (Lipinski definition) is 4. The molecule has 0 atom stereocenters. The summed E-state index contributed by atoms with van der Waals surface area (Å²) in [4.78, 5) is 4.00. The maximum Gasteiger partial charge on any atom is 0.149 e. The van der Waals surface area contributed by atoms with Crippen LogP contribution in [-0.4, -0.2) is 24.5 Å². The molecule has 0 bridgehead atoms. The van der Waals surface area contributed by atoms with Crippen molar-refractivity contribution < 1.29 is 13.5 Å². The van der Waals surface area contributed by atoms with Gasteiger partial charge in [-0.2, -0.15) is 0 Å². The van der Waals surface area contributed by atoms with Crippen molar-refractivity contribution >= 4 is 11.5 Å². The molecule has 4 aromatic rings. The molecule has 8 heteroatoms. The van der Waals surface area contributed by atoms with Crippen molar-refractivity contribution in [1.82, 2.24) is 24.5 Å². The van der Waals surface area contributed by atoms with Crippen LogP contribution in [0.2, 0.25) is 0 Å². The Labute approximate surface area is 165 Å². The fraction of sp³-hybridized carbons (Fsp3) is 0.0952. The quantitative estimate of drug-likeness (QED) is 0.458. The molecule has 0 saturated heterocycles. The van der Waals surface area contributed by atoms with Crippen molar-refractivity contribution in [2.45, 2.75) is 13.5 Å². The van der Waals surface area contributed by atoms with E-state index < -0.39 is 11.6 Å². The van der Waals surface area contributed by atoms with E-state index in [0.717, 1.165) is 11.8 Å². The van der Waals surface area contributed by atoms with Crippen molar-refractivity contribution in [3.05, 3.63) is 96.3 Å². The third-order valence-corrected chi connectivity index (χ3v) is 4.32. The lowest BCUT2D eigenvalue weighted by molar-refractivity contribution is 0.258. The second-order valence-corrected chi connectivity index (χ2v) is 6.29. The molecule has 0 radical (unpaired) electrons. The molecule has 0 unspecified atom stereocenters. The largest absolute Gasteiger partial charge is 0.485 e. The highest BCUT2D eigenvalue weighted by atomic mass is 19.1. The number of para-hydroxylation sites is 1. The molecule has 0 aliphatic rings. The lowest BCUT2D eigenvalue weighted by atomic mass is 10.1. The van der Waals surface area contributed by atoms with E-state index in [1.807, 2.05) is 30.3 Å². The monoisotopic (exact) mass is 393 g/mol. The molecule has 0 aliphatic heterocycles. The number of hydrogen-bond donors (Lipinski definition) is 0. The number of rotatable bonds is 6. The fourth-order valence-corrected chi connectivity index (χ4v) is 2.84. The van der Waals surface area contributed by atoms with Crippen molar-refractivity contribution in [2.75, 3.05) is 0 Å². The lowest BCUT2D eigenvalue weighted by Crippen LogP contribution is -2.03. The molecule has 0 spiro atoms. The van der Waals surface area contributed by atoms with Gasteiger partial charge in [-0.15, -0.1) is 5.10 Å². The normalized spacial score (nSPS) is 12.0. The van der Waals surface area contributed by atoms with Gasteiger partial charge in [0, 0.05) is 18.5 Å². The molecule has 0 N–H and O–H groups in total. The zero-order valence-corrected chi connectivity index (χ0v) is 15.5. The van der Waals surface area contributed by atoms with E-state index in [-0.39, 0.29) is 17.9 Å². The molecule has 0 aliphatic carbocycles. The van der Waals surface area contributed by atoms with Crippen molar-refractivity contribution in [3.8, 4) is 5.69 Å². The first kappa shape index (κ1) is 18.5. The Morgan fingerprint density at radius 1 is 1.10 bits per heavy atom. The van der Waals surface area contributed by atoms with E-state index in [4.69, 9.17) is 4.74 Å². The third-order valence-electron chi connectivity index (χ3n) is 4.32. The third kappa shape index (κ3) is 4.06. The van der Waals surface area contributed by atoms with Gasteiger partial charge in [-0.3, -0.25) is 0 Å². The smallest absolute Gasteiger partial charge is 0.149 e. The SMILES string of the molecule is C/C(=C(/OCc1cn(-c2ccccc2)nn1)c1ccc(F)cc1F)n1ccnc1. The minimum atomic E-state index is -0.715. The maximum atomic E-state index is 14.4. The maximum absolute atomic E-state index is 14.4. The van der Waals surface area contributed by atoms with Crippen LogP contribution in [0.3, 0.4) is 0 Å². The first-order valence-corrected chi connectivity index (χ1v) is 8.86. The van der Waals surface area contributed by atoms with Gasteiger partial charge in [-0.05, 0) is 31.2 Å². The molecule has 0 fully saturated rings. The summed E-state index contributed by atoms with van der Waals surface area (Å²) in [6.07, 6.45) is 6.63. The minimum absolute atomic E-state index is 0.0605. The molecule has 0 amide bonds. The number of halogens is 2. The van der Waals surface area contributed by atoms with Crippen LogP contribution in [0.25, 0.3) is 17.1 Å². The van der Waals surface area contributed by atoms with E-state index >= 15 is 0 Å². The van der Waals surface area contributed by atoms with Gasteiger partial charge in [0.25, 0.3) is 0 Å². The van der Waals surface area contributed by atoms with Crippen molar-refractivity contribution in [2.24, 2.45) is 0 Å². The predicted octanol–water partition coefficient (Wildman–Crippen LogP) is 4.30. The molecule has 0 saturated carbocycles. The number of ether oxygens (including phenoxy) is 1. The van der Waals surface area contributed by atoms with Crippen LogP contribution in [0.5, 0.6) is 0 Å². The fourth-order valence-electron chi connectivity index (χ4n) is 2.84. The zero-order chi connectivity index (χ0) is 20.2. The Kier molecular flexibility index (Phi) is 5.15. The Bertz CT molecular complexity index is 1140. The molecule has 2 heterocycles. The number of imidazole rings is 1. The van der Waals surface area contributed by atoms with Gasteiger partial charge < -0.3 is 9.30 Å². The summed E-state index contributed by atoms with van der Waals surface area (Å²) < 4.78 is 37.1. The summed E-state index contributed by atoms with van der Waals surface area (Å²) in [5, 5.41) is 8.20. The highest BCUT2D eigenvalue weighted by Crippen LogP contribution is 2.27. The Balaban J connectivity index is 1.63. The highest BCUT2D eigenvalue weighted by molar-refractivity contribution is 5.78. The Hall–Kier alpha value is -3.81. The predicted molar refractivity (Wildman–Crippen MR) is 104 cm³/mol. The van der Waals surface area contributed by atoms with Gasteiger partial charge in [0.15, 0.2) is 0 Å². The van der Waals surface area contributed by atoms with E-state index in [2.05, 4.69) is 15.3 Å². The average molecular weight is 393 g/mol. The summed E-state index contributed by atoms with van der Waals surface area (Å²) in [6, 6.07) is 12.9. The van der Waals surface area contributed by atoms with E-state index in [1.54, 1.807) is 41.1 Å². The summed E-state index contributed by atoms with van der Waals surface area (Å²) in [5.74, 6) is -1.11. The van der Waals surface area contributed by atoms with Crippen LogP contribution in [0.4, 0.5) is 8.78 Å². The summed E-state index contributed by atoms with van der Waals surface area (Å²) in [6.45, 7) is 1.83. The molecule has 2 aromatic heterocycles. The molecule has 146 valence electrons.